The van der Waals surface area contributed by atoms with Crippen LogP contribution in [0.4, 0.5) is 4.79 Å². The number of carbonyl (C=O) groups is 7. The van der Waals surface area contributed by atoms with Crippen molar-refractivity contribution in [2.45, 2.75) is 97.7 Å². The van der Waals surface area contributed by atoms with E-state index in [9.17, 15) is 52.6 Å². The number of fused-ring (bicyclic) bond motifs is 2. The number of carboxylic acids is 1. The van der Waals surface area contributed by atoms with Crippen molar-refractivity contribution >= 4 is 63.3 Å². The maximum absolute atomic E-state index is 14.7. The topological polar surface area (TPSA) is 281 Å². The molecule has 20 nitrogen and oxygen atoms in total. The summed E-state index contributed by atoms with van der Waals surface area (Å²) in [6.07, 6.45) is -3.35. The molecule has 58 heavy (non-hydrogen) atoms. The second-order valence-corrected chi connectivity index (χ2v) is 19.5. The van der Waals surface area contributed by atoms with E-state index in [1.165, 1.54) is 45.0 Å². The van der Waals surface area contributed by atoms with Crippen molar-refractivity contribution in [3.63, 3.8) is 0 Å². The lowest BCUT2D eigenvalue weighted by atomic mass is 9.79. The van der Waals surface area contributed by atoms with Gasteiger partial charge in [0.2, 0.25) is 11.8 Å². The Morgan fingerprint density at radius 2 is 1.67 bits per heavy atom. The number of ether oxygens (including phenoxy) is 3. The summed E-state index contributed by atoms with van der Waals surface area (Å²) >= 11 is 0.939. The molecule has 0 spiro atoms. The number of hydrogen-bond acceptors (Lipinski definition) is 14. The predicted molar refractivity (Wildman–Crippen MR) is 201 cm³/mol. The highest BCUT2D eigenvalue weighted by molar-refractivity contribution is 8.01. The van der Waals surface area contributed by atoms with Gasteiger partial charge in [-0.2, -0.15) is 0 Å². The number of rotatable bonds is 13. The van der Waals surface area contributed by atoms with Gasteiger partial charge in [-0.25, -0.2) is 22.8 Å². The molecule has 6 rings (SSSR count). The zero-order chi connectivity index (χ0) is 42.5. The van der Waals surface area contributed by atoms with Crippen LogP contribution in [0, 0.1) is 0 Å². The van der Waals surface area contributed by atoms with Gasteiger partial charge in [-0.15, -0.1) is 11.8 Å². The van der Waals surface area contributed by atoms with Crippen LogP contribution in [0.25, 0.3) is 10.4 Å². The van der Waals surface area contributed by atoms with E-state index in [1.807, 2.05) is 0 Å². The smallest absolute Gasteiger partial charge is 0.407 e. The van der Waals surface area contributed by atoms with Crippen LogP contribution in [0.3, 0.4) is 0 Å². The fourth-order valence-electron chi connectivity index (χ4n) is 7.72. The lowest BCUT2D eigenvalue weighted by molar-refractivity contribution is -0.187. The number of esters is 2. The monoisotopic (exact) mass is 841 g/mol. The van der Waals surface area contributed by atoms with Crippen LogP contribution in [0.1, 0.15) is 58.2 Å². The zero-order valence-corrected chi connectivity index (χ0v) is 33.3. The molecule has 4 amide bonds. The largest absolute Gasteiger partial charge is 0.480 e. The van der Waals surface area contributed by atoms with Crippen molar-refractivity contribution in [2.24, 2.45) is 5.11 Å². The molecule has 0 saturated carbocycles. The van der Waals surface area contributed by atoms with Gasteiger partial charge in [-0.3, -0.25) is 19.2 Å². The molecule has 3 N–H and O–H groups in total. The molecule has 4 fully saturated rings. The van der Waals surface area contributed by atoms with Crippen LogP contribution in [0.15, 0.2) is 59.7 Å². The average Bonchev–Trinajstić information content (AvgIpc) is 3.49. The first-order chi connectivity index (χ1) is 27.2. The lowest BCUT2D eigenvalue weighted by Gasteiger charge is -2.56. The second kappa shape index (κ2) is 15.1. The third-order valence-electron chi connectivity index (χ3n) is 10.6. The summed E-state index contributed by atoms with van der Waals surface area (Å²) in [4.78, 5) is 97.9. The van der Waals surface area contributed by atoms with Gasteiger partial charge in [0, 0.05) is 16.6 Å². The summed E-state index contributed by atoms with van der Waals surface area (Å²) in [5, 5.41) is 16.2. The summed E-state index contributed by atoms with van der Waals surface area (Å²) < 4.78 is 40.1. The quantitative estimate of drug-likeness (QED) is 0.0649. The number of nitrogens with zero attached hydrogens (tertiary/aromatic N) is 5. The van der Waals surface area contributed by atoms with Crippen LogP contribution in [-0.2, 0) is 54.7 Å². The fraction of sp³-hybridized carbons (Fsp3) is 0.472. The number of carbonyl (C=O) groups excluding carboxylic acids is 6. The van der Waals surface area contributed by atoms with Gasteiger partial charge in [0.1, 0.15) is 41.2 Å². The van der Waals surface area contributed by atoms with Crippen LogP contribution < -0.4 is 15.4 Å². The normalized spacial score (nSPS) is 26.6. The minimum Gasteiger partial charge on any atom is -0.480 e. The number of carboxylic acid groups (broad SMARTS) is 1. The van der Waals surface area contributed by atoms with Gasteiger partial charge in [0.25, 0.3) is 5.91 Å². The van der Waals surface area contributed by atoms with Crippen LogP contribution >= 0.6 is 11.8 Å². The number of β-lactam (4-membered cyclic amide) rings is 2. The molecule has 2 aromatic rings. The van der Waals surface area contributed by atoms with Crippen molar-refractivity contribution in [3.05, 3.63) is 76.2 Å². The van der Waals surface area contributed by atoms with E-state index < -0.39 is 108 Å². The zero-order valence-electron chi connectivity index (χ0n) is 31.7. The molecule has 0 radical (unpaired) electrons. The molecule has 0 bridgehead atoms. The number of azide groups is 1. The van der Waals surface area contributed by atoms with Crippen molar-refractivity contribution in [2.75, 3.05) is 6.54 Å². The minimum atomic E-state index is -4.12. The number of aliphatic carboxylic acids is 1. The van der Waals surface area contributed by atoms with Gasteiger partial charge in [0.15, 0.2) is 21.5 Å². The highest BCUT2D eigenvalue weighted by Crippen LogP contribution is 2.57. The predicted octanol–water partition coefficient (Wildman–Crippen LogP) is 1.94. The Bertz CT molecular complexity index is 2230. The Balaban J connectivity index is 1.41. The lowest BCUT2D eigenvalue weighted by Crippen LogP contribution is -2.85. The molecular formula is C36H39N7O13S2. The van der Waals surface area contributed by atoms with Crippen LogP contribution in [0.2, 0.25) is 0 Å². The summed E-state index contributed by atoms with van der Waals surface area (Å²) in [6, 6.07) is 8.94. The second-order valence-electron chi connectivity index (χ2n) is 15.0. The summed E-state index contributed by atoms with van der Waals surface area (Å²) in [6.45, 7) is 5.78. The Morgan fingerprint density at radius 1 is 1.02 bits per heavy atom. The molecule has 4 aliphatic heterocycles. The molecule has 4 saturated heterocycles. The van der Waals surface area contributed by atoms with E-state index in [4.69, 9.17) is 14.2 Å². The number of amides is 4. The summed E-state index contributed by atoms with van der Waals surface area (Å²) in [7, 11) is -4.12. The number of sulfone groups is 1. The Hall–Kier alpha value is -5.86. The molecule has 22 heteroatoms. The Morgan fingerprint density at radius 3 is 2.26 bits per heavy atom. The van der Waals surface area contributed by atoms with E-state index in [0.29, 0.717) is 5.56 Å². The Kier molecular flexibility index (Phi) is 10.9. The maximum Gasteiger partial charge on any atom is 0.407 e. The van der Waals surface area contributed by atoms with Gasteiger partial charge in [-0.05, 0) is 56.5 Å². The van der Waals surface area contributed by atoms with E-state index >= 15 is 0 Å². The molecule has 0 aromatic heterocycles. The van der Waals surface area contributed by atoms with Gasteiger partial charge in [-0.1, -0.05) is 47.6 Å². The van der Waals surface area contributed by atoms with Gasteiger partial charge in [0.05, 0.1) is 17.7 Å². The SMILES string of the molecule is CC(=O)Oc1ccc(C(N=[N+]=[N-])C(=O)NC2(C(CNC(=O)OCc3ccccc3)OC(=O)[C@@H]3N4C(=O)C[C@H]4S(=O)(=O)C3(C)C)C(=O)N3[C@@H](C(=O)O)C(C)(C)S[C@@H]32)cc1. The standard InChI is InChI=1S/C36H39N7O13S2/c1-18(44)55-21-13-11-20(12-14-21)25(40-41-37)28(46)39-36(31(50)43-26(29(47)48)34(2,3)57-32(36)43)22(16-38-33(51)54-17-19-9-7-6-8-10-19)56-30(49)27-35(4,5)58(52,53)24-15-23(45)42(24)27/h6-14,22,24-27,32H,15-17H2,1-5H3,(H,38,51)(H,39,46)(H,47,48)/t22?,24-,25?,26+,27+,32-,36?/m1/s1. The Labute approximate surface area is 335 Å². The molecule has 7 atom stereocenters. The molecular weight excluding hydrogens is 803 g/mol. The first-order valence-corrected chi connectivity index (χ1v) is 20.2. The molecule has 4 heterocycles. The van der Waals surface area contributed by atoms with Crippen molar-refractivity contribution in [1.82, 2.24) is 20.4 Å². The number of nitrogens with one attached hydrogen (secondary N) is 2. The van der Waals surface area contributed by atoms with Crippen molar-refractivity contribution in [1.29, 1.82) is 0 Å². The molecule has 3 unspecified atom stereocenters. The van der Waals surface area contributed by atoms with Gasteiger partial charge < -0.3 is 39.8 Å². The van der Waals surface area contributed by atoms with Crippen LogP contribution in [-0.4, -0.2) is 116 Å². The van der Waals surface area contributed by atoms with Crippen molar-refractivity contribution in [3.8, 4) is 5.75 Å². The number of alkyl carbamates (subject to hydrolysis) is 1. The first kappa shape index (κ1) is 41.8. The van der Waals surface area contributed by atoms with E-state index in [0.717, 1.165) is 21.6 Å². The highest BCUT2D eigenvalue weighted by Gasteiger charge is 2.76. The summed E-state index contributed by atoms with van der Waals surface area (Å²) in [5.41, 5.74) is 7.76. The number of hydrogen-bond donors (Lipinski definition) is 3. The first-order valence-electron chi connectivity index (χ1n) is 17.8. The maximum atomic E-state index is 14.7. The summed E-state index contributed by atoms with van der Waals surface area (Å²) in [5.74, 6) is -6.05. The molecule has 308 valence electrons. The van der Waals surface area contributed by atoms with E-state index in [1.54, 1.807) is 44.2 Å². The van der Waals surface area contributed by atoms with Crippen LogP contribution in [0.5, 0.6) is 5.75 Å². The van der Waals surface area contributed by atoms with E-state index in [2.05, 4.69) is 20.7 Å². The molecule has 2 aromatic carbocycles. The van der Waals surface area contributed by atoms with E-state index in [-0.39, 0.29) is 24.3 Å². The van der Waals surface area contributed by atoms with Crippen molar-refractivity contribution < 1.29 is 61.3 Å². The number of thioether (sulfide) groups is 1. The highest BCUT2D eigenvalue weighted by atomic mass is 32.2. The molecule has 4 aliphatic rings. The molecule has 0 aliphatic carbocycles. The minimum absolute atomic E-state index is 0.0595. The van der Waals surface area contributed by atoms with Gasteiger partial charge >= 0.3 is 24.0 Å². The number of benzene rings is 2. The fourth-order valence-corrected chi connectivity index (χ4v) is 11.6. The third-order valence-corrected chi connectivity index (χ3v) is 15.1. The average molecular weight is 842 g/mol. The third kappa shape index (κ3) is 6.93.